The predicted octanol–water partition coefficient (Wildman–Crippen LogP) is 2.16. The monoisotopic (exact) mass is 420 g/mol. The van der Waals surface area contributed by atoms with Crippen molar-refractivity contribution in [3.8, 4) is 0 Å². The van der Waals surface area contributed by atoms with Crippen LogP contribution in [-0.2, 0) is 14.6 Å². The van der Waals surface area contributed by atoms with Crippen molar-refractivity contribution in [1.29, 1.82) is 0 Å². The molecule has 2 aliphatic heterocycles. The number of likely N-dealkylation sites (tertiary alicyclic amines) is 1. The number of hydrogen-bond acceptors (Lipinski definition) is 5. The Morgan fingerprint density at radius 1 is 1.04 bits per heavy atom. The Labute approximate surface area is 162 Å². The summed E-state index contributed by atoms with van der Waals surface area (Å²) >= 11 is 0. The van der Waals surface area contributed by atoms with E-state index in [1.54, 1.807) is 4.90 Å². The Bertz CT molecular complexity index is 782. The predicted molar refractivity (Wildman–Crippen MR) is 95.6 cm³/mol. The van der Waals surface area contributed by atoms with Gasteiger partial charge in [-0.15, -0.1) is 0 Å². The molecule has 10 heteroatoms. The van der Waals surface area contributed by atoms with Gasteiger partial charge in [-0.25, -0.2) is 8.42 Å². The van der Waals surface area contributed by atoms with Crippen LogP contribution in [-0.4, -0.2) is 75.6 Å². The van der Waals surface area contributed by atoms with Crippen molar-refractivity contribution in [2.45, 2.75) is 23.2 Å². The second-order valence-electron chi connectivity index (χ2n) is 7.12. The second-order valence-corrected chi connectivity index (χ2v) is 9.06. The van der Waals surface area contributed by atoms with Crippen LogP contribution in [0, 0.1) is 5.92 Å². The van der Waals surface area contributed by atoms with Crippen molar-refractivity contribution in [1.82, 2.24) is 9.80 Å². The Morgan fingerprint density at radius 3 is 2.14 bits per heavy atom. The number of carbonyl (C=O) groups is 1. The second kappa shape index (κ2) is 8.38. The summed E-state index contributed by atoms with van der Waals surface area (Å²) in [6.07, 6.45) is 1.73. The number of benzene rings is 1. The van der Waals surface area contributed by atoms with Crippen LogP contribution in [0.4, 0.5) is 13.2 Å². The molecule has 2 heterocycles. The molecule has 0 aromatic heterocycles. The van der Waals surface area contributed by atoms with E-state index in [-0.39, 0.29) is 11.5 Å². The standard InChI is InChI=1S/C18H23F3N2O4S/c19-18(20,21)28(25,26)16-3-1-15(2-4-16)17(24)23-7-5-14(6-8-23)13-22-9-11-27-12-10-22/h1-4,14H,5-13H2. The molecular formula is C18H23F3N2O4S. The SMILES string of the molecule is O=C(c1ccc(S(=O)(=O)C(F)(F)F)cc1)N1CCC(CN2CCOCC2)CC1. The van der Waals surface area contributed by atoms with E-state index in [0.717, 1.165) is 70.0 Å². The van der Waals surface area contributed by atoms with Gasteiger partial charge in [-0.2, -0.15) is 13.2 Å². The third-order valence-electron chi connectivity index (χ3n) is 5.24. The van der Waals surface area contributed by atoms with Crippen molar-refractivity contribution >= 4 is 15.7 Å². The molecule has 0 atom stereocenters. The smallest absolute Gasteiger partial charge is 0.379 e. The molecule has 28 heavy (non-hydrogen) atoms. The van der Waals surface area contributed by atoms with Gasteiger partial charge >= 0.3 is 5.51 Å². The number of halogens is 3. The number of carbonyl (C=O) groups excluding carboxylic acids is 1. The maximum absolute atomic E-state index is 12.6. The number of piperidine rings is 1. The summed E-state index contributed by atoms with van der Waals surface area (Å²) in [6, 6.07) is 3.95. The average Bonchev–Trinajstić information content (AvgIpc) is 2.68. The summed E-state index contributed by atoms with van der Waals surface area (Å²) in [7, 11) is -5.40. The van der Waals surface area contributed by atoms with Crippen LogP contribution in [0.15, 0.2) is 29.2 Å². The number of amides is 1. The number of sulfone groups is 1. The minimum absolute atomic E-state index is 0.188. The molecule has 0 saturated carbocycles. The number of hydrogen-bond donors (Lipinski definition) is 0. The summed E-state index contributed by atoms with van der Waals surface area (Å²) in [5.41, 5.74) is -5.17. The fraction of sp³-hybridized carbons (Fsp3) is 0.611. The molecule has 0 spiro atoms. The minimum atomic E-state index is -5.40. The Morgan fingerprint density at radius 2 is 1.61 bits per heavy atom. The van der Waals surface area contributed by atoms with Gasteiger partial charge in [-0.05, 0) is 43.0 Å². The summed E-state index contributed by atoms with van der Waals surface area (Å²) < 4.78 is 65.9. The molecule has 1 aromatic rings. The van der Waals surface area contributed by atoms with E-state index in [0.29, 0.717) is 19.0 Å². The van der Waals surface area contributed by atoms with Gasteiger partial charge in [0.15, 0.2) is 0 Å². The zero-order valence-corrected chi connectivity index (χ0v) is 16.1. The molecule has 2 saturated heterocycles. The zero-order chi connectivity index (χ0) is 20.4. The topological polar surface area (TPSA) is 66.9 Å². The highest BCUT2D eigenvalue weighted by Crippen LogP contribution is 2.30. The fourth-order valence-corrected chi connectivity index (χ4v) is 4.32. The highest BCUT2D eigenvalue weighted by molar-refractivity contribution is 7.92. The van der Waals surface area contributed by atoms with Crippen LogP contribution >= 0.6 is 0 Å². The van der Waals surface area contributed by atoms with Gasteiger partial charge in [0.2, 0.25) is 0 Å². The van der Waals surface area contributed by atoms with Crippen LogP contribution in [0.2, 0.25) is 0 Å². The van der Waals surface area contributed by atoms with E-state index in [9.17, 15) is 26.4 Å². The van der Waals surface area contributed by atoms with E-state index in [1.165, 1.54) is 0 Å². The maximum atomic E-state index is 12.6. The van der Waals surface area contributed by atoms with Crippen molar-refractivity contribution in [3.63, 3.8) is 0 Å². The van der Waals surface area contributed by atoms with Crippen molar-refractivity contribution in [2.24, 2.45) is 5.92 Å². The van der Waals surface area contributed by atoms with Crippen molar-refractivity contribution in [2.75, 3.05) is 45.9 Å². The van der Waals surface area contributed by atoms with Crippen molar-refractivity contribution in [3.05, 3.63) is 29.8 Å². The lowest BCUT2D eigenvalue weighted by Crippen LogP contribution is -2.44. The lowest BCUT2D eigenvalue weighted by atomic mass is 9.95. The summed E-state index contributed by atoms with van der Waals surface area (Å²) in [6.45, 7) is 5.48. The lowest BCUT2D eigenvalue weighted by molar-refractivity contribution is -0.0436. The molecule has 0 unspecified atom stereocenters. The largest absolute Gasteiger partial charge is 0.501 e. The zero-order valence-electron chi connectivity index (χ0n) is 15.3. The first kappa shape index (κ1) is 21.1. The Hall–Kier alpha value is -1.65. The fourth-order valence-electron chi connectivity index (χ4n) is 3.56. The first-order valence-corrected chi connectivity index (χ1v) is 10.7. The highest BCUT2D eigenvalue weighted by atomic mass is 32.2. The number of nitrogens with zero attached hydrogens (tertiary/aromatic N) is 2. The first-order valence-electron chi connectivity index (χ1n) is 9.19. The van der Waals surface area contributed by atoms with Gasteiger partial charge in [-0.1, -0.05) is 0 Å². The number of morpholine rings is 1. The third-order valence-corrected chi connectivity index (χ3v) is 6.74. The maximum Gasteiger partial charge on any atom is 0.501 e. The van der Waals surface area contributed by atoms with Gasteiger partial charge in [0.1, 0.15) is 0 Å². The minimum Gasteiger partial charge on any atom is -0.379 e. The molecule has 156 valence electrons. The molecule has 3 rings (SSSR count). The summed E-state index contributed by atoms with van der Waals surface area (Å²) in [4.78, 5) is 15.8. The number of rotatable bonds is 4. The number of alkyl halides is 3. The van der Waals surface area contributed by atoms with E-state index < -0.39 is 20.2 Å². The van der Waals surface area contributed by atoms with Gasteiger partial charge in [0, 0.05) is 38.3 Å². The molecule has 2 aliphatic rings. The van der Waals surface area contributed by atoms with E-state index in [4.69, 9.17) is 4.74 Å². The molecule has 0 aliphatic carbocycles. The molecule has 0 bridgehead atoms. The molecule has 1 aromatic carbocycles. The molecule has 6 nitrogen and oxygen atoms in total. The quantitative estimate of drug-likeness (QED) is 0.747. The van der Waals surface area contributed by atoms with Crippen LogP contribution in [0.3, 0.4) is 0 Å². The van der Waals surface area contributed by atoms with E-state index in [2.05, 4.69) is 4.90 Å². The molecule has 0 N–H and O–H groups in total. The van der Waals surface area contributed by atoms with Gasteiger partial charge in [0.25, 0.3) is 15.7 Å². The van der Waals surface area contributed by atoms with E-state index in [1.807, 2.05) is 0 Å². The van der Waals surface area contributed by atoms with Gasteiger partial charge < -0.3 is 9.64 Å². The summed E-state index contributed by atoms with van der Waals surface area (Å²) in [5, 5.41) is 0. The van der Waals surface area contributed by atoms with E-state index >= 15 is 0 Å². The van der Waals surface area contributed by atoms with Crippen LogP contribution in [0.1, 0.15) is 23.2 Å². The van der Waals surface area contributed by atoms with Gasteiger partial charge in [0.05, 0.1) is 18.1 Å². The molecule has 2 fully saturated rings. The highest BCUT2D eigenvalue weighted by Gasteiger charge is 2.46. The van der Waals surface area contributed by atoms with Crippen LogP contribution < -0.4 is 0 Å². The Balaban J connectivity index is 1.56. The molecule has 1 amide bonds. The normalized spacial score (nSPS) is 20.3. The summed E-state index contributed by atoms with van der Waals surface area (Å²) in [5.74, 6) is 0.210. The molecule has 0 radical (unpaired) electrons. The van der Waals surface area contributed by atoms with Crippen molar-refractivity contribution < 1.29 is 31.1 Å². The Kier molecular flexibility index (Phi) is 6.31. The van der Waals surface area contributed by atoms with Crippen LogP contribution in [0.25, 0.3) is 0 Å². The van der Waals surface area contributed by atoms with Crippen LogP contribution in [0.5, 0.6) is 0 Å². The first-order chi connectivity index (χ1) is 13.2. The van der Waals surface area contributed by atoms with Gasteiger partial charge in [-0.3, -0.25) is 9.69 Å². The third kappa shape index (κ3) is 4.66. The lowest BCUT2D eigenvalue weighted by Gasteiger charge is -2.36. The number of ether oxygens (including phenoxy) is 1. The average molecular weight is 420 g/mol. The molecular weight excluding hydrogens is 397 g/mol.